The summed E-state index contributed by atoms with van der Waals surface area (Å²) < 4.78 is 1.85. The van der Waals surface area contributed by atoms with E-state index in [9.17, 15) is 0 Å². The monoisotopic (exact) mass is 302 g/mol. The molecule has 20 heavy (non-hydrogen) atoms. The second kappa shape index (κ2) is 4.75. The molecule has 0 atom stereocenters. The molecule has 0 saturated carbocycles. The van der Waals surface area contributed by atoms with Gasteiger partial charge < -0.3 is 0 Å². The average molecular weight is 303 g/mol. The van der Waals surface area contributed by atoms with Gasteiger partial charge >= 0.3 is 0 Å². The summed E-state index contributed by atoms with van der Waals surface area (Å²) in [6.07, 6.45) is 0. The van der Waals surface area contributed by atoms with Crippen LogP contribution in [-0.2, 0) is 0 Å². The van der Waals surface area contributed by atoms with Crippen molar-refractivity contribution in [1.82, 2.24) is 19.5 Å². The van der Waals surface area contributed by atoms with Gasteiger partial charge in [-0.25, -0.2) is 15.0 Å². The molecule has 0 amide bonds. The summed E-state index contributed by atoms with van der Waals surface area (Å²) in [4.78, 5) is 12.9. The van der Waals surface area contributed by atoms with Crippen LogP contribution in [0.15, 0.2) is 18.2 Å². The summed E-state index contributed by atoms with van der Waals surface area (Å²) in [6.45, 7) is 3.64. The van der Waals surface area contributed by atoms with Crippen molar-refractivity contribution in [2.75, 3.05) is 0 Å². The van der Waals surface area contributed by atoms with Gasteiger partial charge in [-0.15, -0.1) is 0 Å². The Bertz CT molecular complexity index is 829. The van der Waals surface area contributed by atoms with Crippen molar-refractivity contribution in [3.63, 3.8) is 0 Å². The maximum Gasteiger partial charge on any atom is 0.169 e. The molecule has 2 radical (unpaired) electrons. The molecule has 0 spiro atoms. The van der Waals surface area contributed by atoms with Gasteiger partial charge in [-0.2, -0.15) is 0 Å². The molecule has 2 heterocycles. The Morgan fingerprint density at radius 3 is 2.55 bits per heavy atom. The first-order valence-electron chi connectivity index (χ1n) is 5.92. The number of aryl methyl sites for hydroxylation is 2. The molecule has 0 bridgehead atoms. The molecule has 0 aliphatic carbocycles. The lowest BCUT2D eigenvalue weighted by Gasteiger charge is -2.10. The fourth-order valence-corrected chi connectivity index (χ4v) is 2.58. The highest BCUT2D eigenvalue weighted by Gasteiger charge is 2.16. The van der Waals surface area contributed by atoms with Gasteiger partial charge in [-0.05, 0) is 32.0 Å². The molecule has 7 heteroatoms. The van der Waals surface area contributed by atoms with E-state index in [2.05, 4.69) is 15.0 Å². The lowest BCUT2D eigenvalue weighted by molar-refractivity contribution is 0.980. The molecule has 2 aromatic heterocycles. The summed E-state index contributed by atoms with van der Waals surface area (Å²) >= 11 is 12.1. The first kappa shape index (κ1) is 13.4. The van der Waals surface area contributed by atoms with Crippen molar-refractivity contribution < 1.29 is 0 Å². The largest absolute Gasteiger partial charge is 0.281 e. The summed E-state index contributed by atoms with van der Waals surface area (Å²) in [6, 6.07) is 5.29. The van der Waals surface area contributed by atoms with Gasteiger partial charge in [0.25, 0.3) is 0 Å². The average Bonchev–Trinajstić information content (AvgIpc) is 2.67. The van der Waals surface area contributed by atoms with Crippen molar-refractivity contribution >= 4 is 47.7 Å². The zero-order valence-corrected chi connectivity index (χ0v) is 12.4. The van der Waals surface area contributed by atoms with E-state index in [0.717, 1.165) is 11.5 Å². The summed E-state index contributed by atoms with van der Waals surface area (Å²) in [7, 11) is 6.04. The minimum Gasteiger partial charge on any atom is -0.281 e. The van der Waals surface area contributed by atoms with Crippen LogP contribution in [0.25, 0.3) is 16.9 Å². The van der Waals surface area contributed by atoms with Crippen molar-refractivity contribution in [1.29, 1.82) is 0 Å². The molecular weight excluding hydrogens is 294 g/mol. The van der Waals surface area contributed by atoms with Gasteiger partial charge in [0.15, 0.2) is 10.8 Å². The normalized spacial score (nSPS) is 11.2. The van der Waals surface area contributed by atoms with E-state index in [1.54, 1.807) is 19.1 Å². The fourth-order valence-electron chi connectivity index (χ4n) is 2.15. The Hall–Kier alpha value is -1.59. The molecule has 0 aliphatic rings. The van der Waals surface area contributed by atoms with Crippen LogP contribution >= 0.6 is 23.2 Å². The van der Waals surface area contributed by atoms with Crippen LogP contribution in [0.5, 0.6) is 0 Å². The Labute approximate surface area is 127 Å². The minimum absolute atomic E-state index is 0.335. The van der Waals surface area contributed by atoms with Crippen LogP contribution in [-0.4, -0.2) is 27.4 Å². The van der Waals surface area contributed by atoms with E-state index in [0.29, 0.717) is 32.6 Å². The zero-order chi connectivity index (χ0) is 14.4. The number of nitrogens with zero attached hydrogens (tertiary/aromatic N) is 4. The summed E-state index contributed by atoms with van der Waals surface area (Å²) in [5.74, 6) is 1.31. The van der Waals surface area contributed by atoms with Gasteiger partial charge in [0.1, 0.15) is 25.0 Å². The standard InChI is InChI=1S/C13H9BCl2N4/c1-6-17-12(16)11-13(18-6)20(7(2)19-11)10-4-3-8(15)5-9(10)14/h3-5H,1-2H3. The van der Waals surface area contributed by atoms with Crippen LogP contribution in [0, 0.1) is 13.8 Å². The maximum atomic E-state index is 6.12. The Kier molecular flexibility index (Phi) is 3.19. The number of halogens is 2. The third-order valence-corrected chi connectivity index (χ3v) is 3.47. The molecule has 98 valence electrons. The van der Waals surface area contributed by atoms with E-state index in [-0.39, 0.29) is 0 Å². The number of rotatable bonds is 1. The minimum atomic E-state index is 0.335. The highest BCUT2D eigenvalue weighted by Crippen LogP contribution is 2.24. The smallest absolute Gasteiger partial charge is 0.169 e. The second-order valence-corrected chi connectivity index (χ2v) is 5.23. The molecule has 3 aromatic rings. The number of benzene rings is 1. The maximum absolute atomic E-state index is 6.12. The summed E-state index contributed by atoms with van der Waals surface area (Å²) in [5, 5.41) is 0.916. The van der Waals surface area contributed by atoms with E-state index < -0.39 is 0 Å². The molecule has 0 saturated heterocycles. The molecule has 0 N–H and O–H groups in total. The zero-order valence-electron chi connectivity index (χ0n) is 10.9. The lowest BCUT2D eigenvalue weighted by Crippen LogP contribution is -2.14. The van der Waals surface area contributed by atoms with Gasteiger partial charge in [0.2, 0.25) is 0 Å². The number of fused-ring (bicyclic) bond motifs is 1. The van der Waals surface area contributed by atoms with E-state index in [1.165, 1.54) is 0 Å². The molecule has 0 aliphatic heterocycles. The number of imidazole rings is 1. The Balaban J connectivity index is 2.38. The highest BCUT2D eigenvalue weighted by atomic mass is 35.5. The molecule has 1 aromatic carbocycles. The van der Waals surface area contributed by atoms with Crippen molar-refractivity contribution in [2.45, 2.75) is 13.8 Å². The molecule has 0 unspecified atom stereocenters. The SMILES string of the molecule is [B]c1cc(Cl)ccc1-n1c(C)nc2c(Cl)nc(C)nc21. The van der Waals surface area contributed by atoms with Gasteiger partial charge in [-0.3, -0.25) is 4.57 Å². The van der Waals surface area contributed by atoms with Gasteiger partial charge in [0.05, 0.1) is 0 Å². The third-order valence-electron chi connectivity index (χ3n) is 2.97. The number of aromatic nitrogens is 4. The predicted octanol–water partition coefficient (Wildman–Crippen LogP) is 2.53. The first-order chi connectivity index (χ1) is 9.47. The van der Waals surface area contributed by atoms with Gasteiger partial charge in [0, 0.05) is 10.7 Å². The number of hydrogen-bond donors (Lipinski definition) is 0. The topological polar surface area (TPSA) is 43.6 Å². The Morgan fingerprint density at radius 1 is 1.10 bits per heavy atom. The number of hydrogen-bond acceptors (Lipinski definition) is 3. The quantitative estimate of drug-likeness (QED) is 0.512. The van der Waals surface area contributed by atoms with E-state index >= 15 is 0 Å². The van der Waals surface area contributed by atoms with E-state index in [4.69, 9.17) is 31.0 Å². The van der Waals surface area contributed by atoms with E-state index in [1.807, 2.05) is 17.6 Å². The van der Waals surface area contributed by atoms with Crippen LogP contribution in [0.4, 0.5) is 0 Å². The second-order valence-electron chi connectivity index (χ2n) is 4.43. The molecular formula is C13H9BCl2N4. The summed E-state index contributed by atoms with van der Waals surface area (Å²) in [5.41, 5.74) is 2.51. The van der Waals surface area contributed by atoms with Crippen molar-refractivity contribution in [3.05, 3.63) is 40.0 Å². The Morgan fingerprint density at radius 2 is 1.85 bits per heavy atom. The third kappa shape index (κ3) is 2.07. The predicted molar refractivity (Wildman–Crippen MR) is 81.5 cm³/mol. The van der Waals surface area contributed by atoms with Crippen LogP contribution in [0.1, 0.15) is 11.6 Å². The molecule has 0 fully saturated rings. The van der Waals surface area contributed by atoms with Crippen LogP contribution < -0.4 is 5.46 Å². The van der Waals surface area contributed by atoms with Crippen LogP contribution in [0.2, 0.25) is 10.2 Å². The van der Waals surface area contributed by atoms with Gasteiger partial charge in [-0.1, -0.05) is 28.7 Å². The van der Waals surface area contributed by atoms with Crippen molar-refractivity contribution in [3.8, 4) is 5.69 Å². The van der Waals surface area contributed by atoms with Crippen molar-refractivity contribution in [2.24, 2.45) is 0 Å². The fraction of sp³-hybridized carbons (Fsp3) is 0.154. The lowest BCUT2D eigenvalue weighted by atomic mass is 9.94. The molecule has 3 rings (SSSR count). The molecule has 4 nitrogen and oxygen atoms in total. The highest BCUT2D eigenvalue weighted by molar-refractivity contribution is 6.38. The van der Waals surface area contributed by atoms with Crippen LogP contribution in [0.3, 0.4) is 0 Å². The first-order valence-corrected chi connectivity index (χ1v) is 6.67.